The van der Waals surface area contributed by atoms with Crippen LogP contribution in [0.2, 0.25) is 0 Å². The number of fused-ring (bicyclic) bond motifs is 2. The molecule has 1 N–H and O–H groups in total. The van der Waals surface area contributed by atoms with Gasteiger partial charge in [-0.15, -0.1) is 0 Å². The second-order valence-electron chi connectivity index (χ2n) is 6.25. The smallest absolute Gasteiger partial charge is 0.450 e. The molecule has 0 aromatic carbocycles. The van der Waals surface area contributed by atoms with Crippen molar-refractivity contribution < 1.29 is 9.13 Å². The topological polar surface area (TPSA) is 46.5 Å². The molecule has 4 aliphatic rings. The third kappa shape index (κ3) is 1.90. The Morgan fingerprint density at radius 1 is 1.40 bits per heavy atom. The monoisotopic (exact) mass is 269 g/mol. The van der Waals surface area contributed by atoms with Gasteiger partial charge in [-0.05, 0) is 12.1 Å². The number of piperidine rings is 3. The fourth-order valence-electron chi connectivity index (χ4n) is 3.81. The molecule has 3 fully saturated rings. The van der Waals surface area contributed by atoms with E-state index in [0.29, 0.717) is 16.3 Å². The minimum Gasteiger partial charge on any atom is -0.450 e. The Bertz CT molecular complexity index is 541. The third-order valence-corrected chi connectivity index (χ3v) is 4.88. The highest BCUT2D eigenvalue weighted by Gasteiger charge is 2.57. The molecule has 5 rings (SSSR count). The van der Waals surface area contributed by atoms with Gasteiger partial charge in [0.25, 0.3) is 6.02 Å². The highest BCUT2D eigenvalue weighted by Crippen LogP contribution is 2.43. The lowest BCUT2D eigenvalue weighted by Gasteiger charge is -2.55. The van der Waals surface area contributed by atoms with E-state index in [2.05, 4.69) is 15.3 Å². The number of hydrogen-bond donors (Lipinski definition) is 1. The van der Waals surface area contributed by atoms with Crippen LogP contribution < -0.4 is 5.32 Å². The maximum atomic E-state index is 6.42. The van der Waals surface area contributed by atoms with E-state index in [9.17, 15) is 0 Å². The van der Waals surface area contributed by atoms with Gasteiger partial charge in [-0.1, -0.05) is 0 Å². The highest BCUT2D eigenvalue weighted by atomic mass is 16.5. The fourth-order valence-corrected chi connectivity index (χ4v) is 3.81. The molecule has 1 aromatic rings. The van der Waals surface area contributed by atoms with E-state index in [1.807, 2.05) is 12.1 Å². The van der Waals surface area contributed by atoms with Crippen molar-refractivity contribution >= 4 is 19.7 Å². The van der Waals surface area contributed by atoms with Crippen LogP contribution in [0.5, 0.6) is 0 Å². The zero-order valence-corrected chi connectivity index (χ0v) is 11.5. The Balaban J connectivity index is 1.50. The normalized spacial score (nSPS) is 38.6. The van der Waals surface area contributed by atoms with Crippen LogP contribution in [0, 0.1) is 5.92 Å². The summed E-state index contributed by atoms with van der Waals surface area (Å²) in [5.41, 5.74) is 0.719. The van der Waals surface area contributed by atoms with Gasteiger partial charge in [-0.3, -0.25) is 4.98 Å². The lowest BCUT2D eigenvalue weighted by molar-refractivity contribution is -0.845. The van der Waals surface area contributed by atoms with Crippen molar-refractivity contribution in [3.63, 3.8) is 0 Å². The summed E-state index contributed by atoms with van der Waals surface area (Å²) in [4.78, 5) is 8.63. The van der Waals surface area contributed by atoms with Gasteiger partial charge in [0.15, 0.2) is 5.60 Å². The lowest BCUT2D eigenvalue weighted by Crippen LogP contribution is -2.69. The van der Waals surface area contributed by atoms with Gasteiger partial charge in [0, 0.05) is 25.0 Å². The van der Waals surface area contributed by atoms with Crippen molar-refractivity contribution in [3.05, 3.63) is 24.5 Å². The average molecular weight is 269 g/mol. The molecule has 0 amide bonds. The Labute approximate surface area is 120 Å². The molecular formula is C14H18BN4O+. The van der Waals surface area contributed by atoms with Crippen LogP contribution in [0.15, 0.2) is 29.5 Å². The molecular weight excluding hydrogens is 251 g/mol. The molecule has 2 bridgehead atoms. The summed E-state index contributed by atoms with van der Waals surface area (Å²) in [6.07, 6.45) is 5.81. The van der Waals surface area contributed by atoms with E-state index >= 15 is 0 Å². The molecule has 1 aromatic heterocycles. The maximum absolute atomic E-state index is 6.42. The molecule has 20 heavy (non-hydrogen) atoms. The first-order chi connectivity index (χ1) is 9.68. The van der Waals surface area contributed by atoms with Gasteiger partial charge in [-0.25, -0.2) is 4.99 Å². The van der Waals surface area contributed by atoms with Crippen molar-refractivity contribution in [1.29, 1.82) is 0 Å². The molecule has 5 heterocycles. The van der Waals surface area contributed by atoms with E-state index in [4.69, 9.17) is 12.7 Å². The summed E-state index contributed by atoms with van der Waals surface area (Å²) < 4.78 is 6.85. The number of amidine groups is 1. The minimum absolute atomic E-state index is 0.185. The summed E-state index contributed by atoms with van der Waals surface area (Å²) >= 11 is 0. The van der Waals surface area contributed by atoms with Crippen LogP contribution in [-0.2, 0) is 4.74 Å². The van der Waals surface area contributed by atoms with E-state index in [1.54, 1.807) is 12.4 Å². The Hall–Kier alpha value is -1.56. The quantitative estimate of drug-likeness (QED) is 0.772. The van der Waals surface area contributed by atoms with Gasteiger partial charge in [-0.2, -0.15) is 0 Å². The summed E-state index contributed by atoms with van der Waals surface area (Å²) in [5, 5.41) is 3.20. The number of rotatable bonds is 1. The molecule has 0 saturated carbocycles. The molecule has 2 radical (unpaired) electrons. The zero-order chi connectivity index (χ0) is 13.6. The Kier molecular flexibility index (Phi) is 2.57. The lowest BCUT2D eigenvalue weighted by atomic mass is 9.72. The Morgan fingerprint density at radius 3 is 2.95 bits per heavy atom. The summed E-state index contributed by atoms with van der Waals surface area (Å²) in [6.45, 7) is 3.74. The van der Waals surface area contributed by atoms with Gasteiger partial charge < -0.3 is 14.4 Å². The molecule has 102 valence electrons. The molecule has 1 atom stereocenters. The van der Waals surface area contributed by atoms with Crippen molar-refractivity contribution in [3.8, 4) is 0 Å². The summed E-state index contributed by atoms with van der Waals surface area (Å²) in [7, 11) is 6.42. The van der Waals surface area contributed by atoms with Crippen molar-refractivity contribution in [1.82, 2.24) is 4.98 Å². The third-order valence-electron chi connectivity index (χ3n) is 4.88. The number of aromatic nitrogens is 1. The number of pyridine rings is 1. The average Bonchev–Trinajstić information content (AvgIpc) is 2.82. The van der Waals surface area contributed by atoms with Gasteiger partial charge in [0.1, 0.15) is 6.54 Å². The van der Waals surface area contributed by atoms with Crippen molar-refractivity contribution in [2.75, 3.05) is 31.5 Å². The van der Waals surface area contributed by atoms with Gasteiger partial charge >= 0.3 is 7.98 Å². The SMILES string of the molecule is [B][N+]12CCC(CC1)C1(CN=C(Nc3cccnc3)O1)C2. The molecule has 1 spiro atoms. The minimum atomic E-state index is -0.185. The number of aliphatic imine (C=N–C) groups is 1. The largest absolute Gasteiger partial charge is 0.481 e. The first-order valence-corrected chi connectivity index (χ1v) is 7.23. The van der Waals surface area contributed by atoms with Crippen LogP contribution in [0.4, 0.5) is 5.69 Å². The first-order valence-electron chi connectivity index (χ1n) is 7.23. The molecule has 3 saturated heterocycles. The van der Waals surface area contributed by atoms with Crippen LogP contribution >= 0.6 is 0 Å². The zero-order valence-electron chi connectivity index (χ0n) is 11.5. The number of nitrogens with zero attached hydrogens (tertiary/aromatic N) is 3. The van der Waals surface area contributed by atoms with E-state index < -0.39 is 0 Å². The van der Waals surface area contributed by atoms with Crippen molar-refractivity contribution in [2.24, 2.45) is 10.9 Å². The standard InChI is InChI=1S/C14H18BN4O/c15-19-6-3-11(4-7-19)14(10-19)9-17-13(20-14)18-12-2-1-5-16-8-12/h1-2,5,8,11H,3-4,6-7,9-10H2,(H,17,18)/q+1. The predicted molar refractivity (Wildman–Crippen MR) is 77.3 cm³/mol. The molecule has 4 aliphatic heterocycles. The highest BCUT2D eigenvalue weighted by molar-refractivity contribution is 5.97. The molecule has 1 unspecified atom stereocenters. The Morgan fingerprint density at radius 2 is 2.25 bits per heavy atom. The van der Waals surface area contributed by atoms with Crippen LogP contribution in [-0.4, -0.2) is 55.2 Å². The van der Waals surface area contributed by atoms with Gasteiger partial charge in [0.05, 0.1) is 31.5 Å². The van der Waals surface area contributed by atoms with Crippen LogP contribution in [0.25, 0.3) is 0 Å². The van der Waals surface area contributed by atoms with Crippen LogP contribution in [0.3, 0.4) is 0 Å². The first kappa shape index (κ1) is 12.2. The van der Waals surface area contributed by atoms with E-state index in [-0.39, 0.29) is 5.60 Å². The molecule has 5 nitrogen and oxygen atoms in total. The second kappa shape index (κ2) is 4.22. The van der Waals surface area contributed by atoms with E-state index in [0.717, 1.165) is 44.7 Å². The number of ether oxygens (including phenoxy) is 1. The number of quaternary nitrogens is 1. The number of hydrogen-bond acceptors (Lipinski definition) is 4. The van der Waals surface area contributed by atoms with E-state index in [1.165, 1.54) is 0 Å². The predicted octanol–water partition coefficient (Wildman–Crippen LogP) is 0.942. The summed E-state index contributed by atoms with van der Waals surface area (Å²) in [6, 6.07) is 4.46. The number of anilines is 1. The second-order valence-corrected chi connectivity index (χ2v) is 6.25. The molecule has 6 heteroatoms. The van der Waals surface area contributed by atoms with Gasteiger partial charge in [0.2, 0.25) is 0 Å². The summed E-state index contributed by atoms with van der Waals surface area (Å²) in [5.74, 6) is 0.586. The maximum Gasteiger partial charge on any atom is 0.481 e. The fraction of sp³-hybridized carbons (Fsp3) is 0.571. The van der Waals surface area contributed by atoms with Crippen molar-refractivity contribution in [2.45, 2.75) is 18.4 Å². The number of nitrogens with one attached hydrogen (secondary N) is 1. The molecule has 0 aliphatic carbocycles. The van der Waals surface area contributed by atoms with Crippen LogP contribution in [0.1, 0.15) is 12.8 Å².